The molecule has 0 spiro atoms. The zero-order valence-corrected chi connectivity index (χ0v) is 25.4. The molecule has 0 fully saturated rings. The number of hydrogen-bond donors (Lipinski definition) is 1. The van der Waals surface area contributed by atoms with E-state index in [1.54, 1.807) is 42.5 Å². The minimum atomic E-state index is -4.38. The van der Waals surface area contributed by atoms with Gasteiger partial charge in [0.05, 0.1) is 10.6 Å². The molecule has 0 saturated carbocycles. The maximum Gasteiger partial charge on any atom is 0.264 e. The highest BCUT2D eigenvalue weighted by atomic mass is 35.5. The number of rotatable bonds is 12. The molecule has 4 aromatic rings. The minimum absolute atomic E-state index is 0.0428. The maximum atomic E-state index is 15.1. The Hall–Kier alpha value is -4.21. The predicted octanol–water partition coefficient (Wildman–Crippen LogP) is 5.84. The molecule has 0 aliphatic heterocycles. The number of carbonyl (C=O) groups excluding carboxylic acids is 2. The van der Waals surface area contributed by atoms with Crippen molar-refractivity contribution >= 4 is 39.1 Å². The van der Waals surface area contributed by atoms with Gasteiger partial charge in [-0.15, -0.1) is 0 Å². The molecule has 0 aliphatic carbocycles. The van der Waals surface area contributed by atoms with Crippen molar-refractivity contribution in [2.45, 2.75) is 43.8 Å². The van der Waals surface area contributed by atoms with Gasteiger partial charge in [0.1, 0.15) is 18.4 Å². The van der Waals surface area contributed by atoms with Crippen molar-refractivity contribution in [1.82, 2.24) is 10.2 Å². The number of carbonyl (C=O) groups is 2. The van der Waals surface area contributed by atoms with Crippen LogP contribution in [0.4, 0.5) is 10.1 Å². The molecule has 1 atom stereocenters. The summed E-state index contributed by atoms with van der Waals surface area (Å²) < 4.78 is 43.6. The topological polar surface area (TPSA) is 86.8 Å². The number of sulfonamides is 1. The van der Waals surface area contributed by atoms with E-state index in [9.17, 15) is 18.0 Å². The van der Waals surface area contributed by atoms with Crippen molar-refractivity contribution in [3.8, 4) is 0 Å². The number of nitrogens with zero attached hydrogens (tertiary/aromatic N) is 2. The summed E-state index contributed by atoms with van der Waals surface area (Å²) >= 11 is 6.25. The molecule has 224 valence electrons. The van der Waals surface area contributed by atoms with Crippen LogP contribution in [0, 0.1) is 5.82 Å². The molecular formula is C33H33ClFN3O4S. The summed E-state index contributed by atoms with van der Waals surface area (Å²) in [5.74, 6) is -1.91. The van der Waals surface area contributed by atoms with Crippen LogP contribution in [-0.4, -0.2) is 43.8 Å². The molecule has 0 aliphatic rings. The molecule has 7 nitrogen and oxygen atoms in total. The Bertz CT molecular complexity index is 1650. The van der Waals surface area contributed by atoms with Crippen molar-refractivity contribution in [3.05, 3.63) is 131 Å². The van der Waals surface area contributed by atoms with Crippen LogP contribution >= 0.6 is 11.6 Å². The Morgan fingerprint density at radius 2 is 1.44 bits per heavy atom. The second-order valence-electron chi connectivity index (χ2n) is 10.3. The summed E-state index contributed by atoms with van der Waals surface area (Å²) in [6.07, 6.45) is 0.164. The Morgan fingerprint density at radius 3 is 2.07 bits per heavy atom. The number of amides is 2. The molecule has 1 N–H and O–H groups in total. The van der Waals surface area contributed by atoms with E-state index in [0.717, 1.165) is 15.9 Å². The normalized spacial score (nSPS) is 12.0. The summed E-state index contributed by atoms with van der Waals surface area (Å²) in [5, 5.41) is 3.34. The van der Waals surface area contributed by atoms with Gasteiger partial charge < -0.3 is 10.2 Å². The van der Waals surface area contributed by atoms with Gasteiger partial charge in [-0.05, 0) is 61.4 Å². The summed E-state index contributed by atoms with van der Waals surface area (Å²) in [6, 6.07) is 27.7. The lowest BCUT2D eigenvalue weighted by Gasteiger charge is -2.34. The van der Waals surface area contributed by atoms with Crippen LogP contribution in [0.25, 0.3) is 0 Å². The molecule has 10 heteroatoms. The first-order valence-corrected chi connectivity index (χ1v) is 15.6. The van der Waals surface area contributed by atoms with Crippen molar-refractivity contribution in [2.75, 3.05) is 10.8 Å². The van der Waals surface area contributed by atoms with Crippen LogP contribution in [-0.2, 0) is 32.6 Å². The van der Waals surface area contributed by atoms with Gasteiger partial charge in [0.2, 0.25) is 11.8 Å². The van der Waals surface area contributed by atoms with Crippen LogP contribution < -0.4 is 9.62 Å². The van der Waals surface area contributed by atoms with Gasteiger partial charge in [0, 0.05) is 24.0 Å². The molecule has 0 unspecified atom stereocenters. The van der Waals surface area contributed by atoms with Gasteiger partial charge in [0.25, 0.3) is 10.0 Å². The van der Waals surface area contributed by atoms with Crippen LogP contribution in [0.3, 0.4) is 0 Å². The SMILES string of the molecule is CC(C)NC(=O)[C@H](Cc1ccccc1)N(Cc1cccc(Cl)c1)C(=O)CN(c1ccccc1F)S(=O)(=O)c1ccccc1. The molecule has 4 aromatic carbocycles. The zero-order chi connectivity index (χ0) is 31.0. The number of para-hydroxylation sites is 1. The number of benzene rings is 4. The maximum absolute atomic E-state index is 15.1. The summed E-state index contributed by atoms with van der Waals surface area (Å²) in [4.78, 5) is 29.2. The first-order chi connectivity index (χ1) is 20.6. The lowest BCUT2D eigenvalue weighted by Crippen LogP contribution is -2.54. The molecule has 0 aromatic heterocycles. The second-order valence-corrected chi connectivity index (χ2v) is 12.6. The van der Waals surface area contributed by atoms with Gasteiger partial charge in [-0.2, -0.15) is 0 Å². The quantitative estimate of drug-likeness (QED) is 0.215. The predicted molar refractivity (Wildman–Crippen MR) is 167 cm³/mol. The number of nitrogens with one attached hydrogen (secondary N) is 1. The minimum Gasteiger partial charge on any atom is -0.352 e. The van der Waals surface area contributed by atoms with E-state index in [2.05, 4.69) is 5.32 Å². The van der Waals surface area contributed by atoms with Crippen molar-refractivity contribution in [1.29, 1.82) is 0 Å². The lowest BCUT2D eigenvalue weighted by molar-refractivity contribution is -0.140. The van der Waals surface area contributed by atoms with E-state index in [1.165, 1.54) is 35.2 Å². The Balaban J connectivity index is 1.81. The summed E-state index contributed by atoms with van der Waals surface area (Å²) in [7, 11) is -4.38. The van der Waals surface area contributed by atoms with Crippen molar-refractivity contribution in [2.24, 2.45) is 0 Å². The van der Waals surface area contributed by atoms with Crippen LogP contribution in [0.2, 0.25) is 5.02 Å². The summed E-state index contributed by atoms with van der Waals surface area (Å²) in [5.41, 5.74) is 1.16. The fraction of sp³-hybridized carbons (Fsp3) is 0.212. The molecule has 0 saturated heterocycles. The average molecular weight is 622 g/mol. The van der Waals surface area contributed by atoms with Crippen LogP contribution in [0.15, 0.2) is 114 Å². The van der Waals surface area contributed by atoms with Crippen LogP contribution in [0.1, 0.15) is 25.0 Å². The number of anilines is 1. The second kappa shape index (κ2) is 14.3. The molecule has 4 rings (SSSR count). The zero-order valence-electron chi connectivity index (χ0n) is 23.9. The number of halogens is 2. The average Bonchev–Trinajstić information content (AvgIpc) is 2.98. The molecule has 2 amide bonds. The van der Waals surface area contributed by atoms with E-state index in [4.69, 9.17) is 11.6 Å². The molecular weight excluding hydrogens is 589 g/mol. The molecule has 0 bridgehead atoms. The van der Waals surface area contributed by atoms with Gasteiger partial charge in [0.15, 0.2) is 0 Å². The van der Waals surface area contributed by atoms with Crippen molar-refractivity contribution in [3.63, 3.8) is 0 Å². The Kier molecular flexibility index (Phi) is 10.6. The van der Waals surface area contributed by atoms with E-state index in [1.807, 2.05) is 44.2 Å². The third-order valence-electron chi connectivity index (χ3n) is 6.68. The highest BCUT2D eigenvalue weighted by molar-refractivity contribution is 7.92. The fourth-order valence-corrected chi connectivity index (χ4v) is 6.31. The van der Waals surface area contributed by atoms with Crippen LogP contribution in [0.5, 0.6) is 0 Å². The van der Waals surface area contributed by atoms with E-state index < -0.39 is 40.2 Å². The standard InChI is InChI=1S/C33H33ClFN3O4S/c1-24(2)36-33(40)31(21-25-12-5-3-6-13-25)37(22-26-14-11-15-27(34)20-26)32(39)23-38(30-19-10-9-18-29(30)35)43(41,42)28-16-7-4-8-17-28/h3-20,24,31H,21-23H2,1-2H3,(H,36,40)/t31-/m0/s1. The van der Waals surface area contributed by atoms with Gasteiger partial charge in [-0.1, -0.05) is 84.4 Å². The first-order valence-electron chi connectivity index (χ1n) is 13.8. The van der Waals surface area contributed by atoms with Crippen molar-refractivity contribution < 1.29 is 22.4 Å². The highest BCUT2D eigenvalue weighted by Gasteiger charge is 2.35. The third kappa shape index (κ3) is 8.21. The first kappa shape index (κ1) is 31.7. The lowest BCUT2D eigenvalue weighted by atomic mass is 10.0. The molecule has 0 heterocycles. The van der Waals surface area contributed by atoms with E-state index >= 15 is 4.39 Å². The molecule has 43 heavy (non-hydrogen) atoms. The van der Waals surface area contributed by atoms with E-state index in [0.29, 0.717) is 10.6 Å². The monoisotopic (exact) mass is 621 g/mol. The van der Waals surface area contributed by atoms with E-state index in [-0.39, 0.29) is 29.6 Å². The Labute approximate surface area is 257 Å². The smallest absolute Gasteiger partial charge is 0.264 e. The Morgan fingerprint density at radius 1 is 0.837 bits per heavy atom. The highest BCUT2D eigenvalue weighted by Crippen LogP contribution is 2.27. The number of hydrogen-bond acceptors (Lipinski definition) is 4. The third-order valence-corrected chi connectivity index (χ3v) is 8.68. The molecule has 0 radical (unpaired) electrons. The van der Waals surface area contributed by atoms with Gasteiger partial charge in [-0.3, -0.25) is 13.9 Å². The van der Waals surface area contributed by atoms with Gasteiger partial charge >= 0.3 is 0 Å². The summed E-state index contributed by atoms with van der Waals surface area (Å²) in [6.45, 7) is 2.83. The largest absolute Gasteiger partial charge is 0.352 e. The van der Waals surface area contributed by atoms with Gasteiger partial charge in [-0.25, -0.2) is 12.8 Å². The fourth-order valence-electron chi connectivity index (χ4n) is 4.65.